The number of aromatic amines is 1. The monoisotopic (exact) mass is 408 g/mol. The third-order valence-corrected chi connectivity index (χ3v) is 5.14. The lowest BCUT2D eigenvalue weighted by Gasteiger charge is -2.10. The van der Waals surface area contributed by atoms with Gasteiger partial charge in [-0.2, -0.15) is 0 Å². The number of carbonyl (C=O) groups excluding carboxylic acids is 2. The van der Waals surface area contributed by atoms with Crippen LogP contribution in [0.15, 0.2) is 53.3 Å². The van der Waals surface area contributed by atoms with E-state index in [0.29, 0.717) is 22.3 Å². The zero-order valence-corrected chi connectivity index (χ0v) is 16.4. The molecular weight excluding hydrogens is 388 g/mol. The topological polar surface area (TPSA) is 96.0 Å². The van der Waals surface area contributed by atoms with E-state index in [0.717, 1.165) is 12.8 Å². The number of para-hydroxylation sites is 1. The highest BCUT2D eigenvalue weighted by Gasteiger charge is 2.29. The summed E-state index contributed by atoms with van der Waals surface area (Å²) in [6.45, 7) is 0.170. The van der Waals surface area contributed by atoms with Gasteiger partial charge in [0.2, 0.25) is 11.8 Å². The molecule has 0 radical (unpaired) electrons. The van der Waals surface area contributed by atoms with Crippen molar-refractivity contribution in [1.82, 2.24) is 9.55 Å². The number of hydrogen-bond acceptors (Lipinski definition) is 4. The largest absolute Gasteiger partial charge is 0.332 e. The molecule has 0 spiro atoms. The van der Waals surface area contributed by atoms with Gasteiger partial charge in [-0.25, -0.2) is 0 Å². The van der Waals surface area contributed by atoms with E-state index in [2.05, 4.69) is 15.6 Å². The molecule has 148 valence electrons. The molecule has 3 aromatic rings. The Hall–Kier alpha value is -3.26. The summed E-state index contributed by atoms with van der Waals surface area (Å²) >= 11 is 5.27. The molecule has 3 N–H and O–H groups in total. The van der Waals surface area contributed by atoms with E-state index in [1.807, 2.05) is 6.07 Å². The highest BCUT2D eigenvalue weighted by Crippen LogP contribution is 2.30. The van der Waals surface area contributed by atoms with Crippen molar-refractivity contribution in [1.29, 1.82) is 0 Å². The van der Waals surface area contributed by atoms with Gasteiger partial charge in [-0.1, -0.05) is 18.2 Å². The van der Waals surface area contributed by atoms with Crippen LogP contribution in [0.2, 0.25) is 0 Å². The lowest BCUT2D eigenvalue weighted by Crippen LogP contribution is -2.25. The molecule has 1 fully saturated rings. The minimum atomic E-state index is -0.245. The Bertz CT molecular complexity index is 1210. The van der Waals surface area contributed by atoms with Crippen molar-refractivity contribution in [3.63, 3.8) is 0 Å². The van der Waals surface area contributed by atoms with E-state index >= 15 is 0 Å². The normalized spacial score (nSPS) is 13.2. The molecule has 0 atom stereocenters. The molecule has 2 amide bonds. The Morgan fingerprint density at radius 3 is 2.55 bits per heavy atom. The van der Waals surface area contributed by atoms with Gasteiger partial charge in [0.15, 0.2) is 4.77 Å². The van der Waals surface area contributed by atoms with Crippen LogP contribution < -0.4 is 16.2 Å². The van der Waals surface area contributed by atoms with Crippen molar-refractivity contribution < 1.29 is 9.59 Å². The molecule has 8 heteroatoms. The summed E-state index contributed by atoms with van der Waals surface area (Å²) in [4.78, 5) is 39.9. The lowest BCUT2D eigenvalue weighted by molar-refractivity contribution is -0.117. The number of nitrogens with one attached hydrogen (secondary N) is 3. The Balaban J connectivity index is 1.42. The van der Waals surface area contributed by atoms with E-state index in [9.17, 15) is 14.4 Å². The fourth-order valence-corrected chi connectivity index (χ4v) is 3.39. The molecule has 0 unspecified atom stereocenters. The predicted octanol–water partition coefficient (Wildman–Crippen LogP) is 3.44. The third-order valence-electron chi connectivity index (χ3n) is 4.81. The number of fused-ring (bicyclic) bond motifs is 1. The van der Waals surface area contributed by atoms with Gasteiger partial charge in [-0.05, 0) is 55.4 Å². The van der Waals surface area contributed by atoms with E-state index < -0.39 is 0 Å². The fraction of sp³-hybridized carbons (Fsp3) is 0.238. The van der Waals surface area contributed by atoms with Crippen LogP contribution in [0.25, 0.3) is 10.9 Å². The van der Waals surface area contributed by atoms with Crippen molar-refractivity contribution in [3.05, 3.63) is 63.7 Å². The van der Waals surface area contributed by atoms with Crippen LogP contribution in [0.4, 0.5) is 11.4 Å². The maximum absolute atomic E-state index is 12.6. The number of anilines is 2. The number of benzene rings is 2. The standard InChI is InChI=1S/C21H20N4O3S/c26-18(22-14-4-3-5-15(12-14)23-19(27)13-8-9-13)10-11-25-20(28)16-6-1-2-7-17(16)24-21(25)29/h1-7,12-13H,8-11H2,(H,22,26)(H,23,27)(H,24,29). The van der Waals surface area contributed by atoms with Gasteiger partial charge in [0, 0.05) is 30.3 Å². The first-order valence-electron chi connectivity index (χ1n) is 9.44. The number of amides is 2. The smallest absolute Gasteiger partial charge is 0.262 e. The first-order chi connectivity index (χ1) is 14.0. The first kappa shape index (κ1) is 19.1. The number of rotatable bonds is 6. The molecule has 1 saturated carbocycles. The van der Waals surface area contributed by atoms with E-state index in [1.54, 1.807) is 42.5 Å². The van der Waals surface area contributed by atoms with Gasteiger partial charge < -0.3 is 15.6 Å². The SMILES string of the molecule is O=C(CCn1c(=S)[nH]c2ccccc2c1=O)Nc1cccc(NC(=O)C2CC2)c1. The van der Waals surface area contributed by atoms with Gasteiger partial charge in [0.25, 0.3) is 5.56 Å². The highest BCUT2D eigenvalue weighted by molar-refractivity contribution is 7.71. The van der Waals surface area contributed by atoms with Crippen molar-refractivity contribution in [2.75, 3.05) is 10.6 Å². The fourth-order valence-electron chi connectivity index (χ4n) is 3.10. The molecule has 2 aromatic carbocycles. The number of hydrogen-bond donors (Lipinski definition) is 3. The summed E-state index contributed by atoms with van der Waals surface area (Å²) in [5.41, 5.74) is 1.68. The highest BCUT2D eigenvalue weighted by atomic mass is 32.1. The molecule has 7 nitrogen and oxygen atoms in total. The maximum atomic E-state index is 12.6. The summed E-state index contributed by atoms with van der Waals surface area (Å²) in [6.07, 6.45) is 1.95. The van der Waals surface area contributed by atoms with Gasteiger partial charge in [-0.3, -0.25) is 19.0 Å². The summed E-state index contributed by atoms with van der Waals surface area (Å²) < 4.78 is 1.68. The summed E-state index contributed by atoms with van der Waals surface area (Å²) in [5.74, 6) is -0.124. The second-order valence-electron chi connectivity index (χ2n) is 7.08. The summed E-state index contributed by atoms with van der Waals surface area (Å²) in [5, 5.41) is 6.18. The van der Waals surface area contributed by atoms with Crippen LogP contribution in [-0.2, 0) is 16.1 Å². The molecule has 1 aromatic heterocycles. The zero-order chi connectivity index (χ0) is 20.4. The first-order valence-corrected chi connectivity index (χ1v) is 9.85. The van der Waals surface area contributed by atoms with Gasteiger partial charge >= 0.3 is 0 Å². The Kier molecular flexibility index (Phi) is 5.26. The van der Waals surface area contributed by atoms with Crippen LogP contribution >= 0.6 is 12.2 Å². The van der Waals surface area contributed by atoms with Crippen LogP contribution in [0.5, 0.6) is 0 Å². The van der Waals surface area contributed by atoms with Crippen LogP contribution in [0, 0.1) is 10.7 Å². The summed E-state index contributed by atoms with van der Waals surface area (Å²) in [7, 11) is 0. The van der Waals surface area contributed by atoms with Crippen molar-refractivity contribution in [3.8, 4) is 0 Å². The third kappa shape index (κ3) is 4.43. The van der Waals surface area contributed by atoms with Crippen molar-refractivity contribution in [2.45, 2.75) is 25.8 Å². The second kappa shape index (κ2) is 8.00. The van der Waals surface area contributed by atoms with Gasteiger partial charge in [0.1, 0.15) is 0 Å². The van der Waals surface area contributed by atoms with Crippen molar-refractivity contribution in [2.24, 2.45) is 5.92 Å². The van der Waals surface area contributed by atoms with Crippen LogP contribution in [-0.4, -0.2) is 21.4 Å². The molecule has 1 heterocycles. The molecule has 29 heavy (non-hydrogen) atoms. The number of nitrogens with zero attached hydrogens (tertiary/aromatic N) is 1. The van der Waals surface area contributed by atoms with E-state index in [-0.39, 0.29) is 41.0 Å². The minimum Gasteiger partial charge on any atom is -0.332 e. The molecular formula is C21H20N4O3S. The molecule has 4 rings (SSSR count). The molecule has 0 aliphatic heterocycles. The Labute approximate surface area is 171 Å². The van der Waals surface area contributed by atoms with Gasteiger partial charge in [0.05, 0.1) is 10.9 Å². The minimum absolute atomic E-state index is 0.0124. The van der Waals surface area contributed by atoms with Crippen molar-refractivity contribution >= 4 is 46.3 Å². The van der Waals surface area contributed by atoms with Gasteiger partial charge in [-0.15, -0.1) is 0 Å². The lowest BCUT2D eigenvalue weighted by atomic mass is 10.2. The van der Waals surface area contributed by atoms with E-state index in [4.69, 9.17) is 12.2 Å². The molecule has 1 aliphatic rings. The Morgan fingerprint density at radius 1 is 1.07 bits per heavy atom. The van der Waals surface area contributed by atoms with Crippen LogP contribution in [0.3, 0.4) is 0 Å². The number of aromatic nitrogens is 2. The quantitative estimate of drug-likeness (QED) is 0.545. The van der Waals surface area contributed by atoms with Crippen LogP contribution in [0.1, 0.15) is 19.3 Å². The van der Waals surface area contributed by atoms with E-state index in [1.165, 1.54) is 4.57 Å². The molecule has 0 bridgehead atoms. The molecule has 1 aliphatic carbocycles. The number of H-pyrrole nitrogens is 1. The second-order valence-corrected chi connectivity index (χ2v) is 7.46. The average Bonchev–Trinajstić information content (AvgIpc) is 3.53. The average molecular weight is 408 g/mol. The zero-order valence-electron chi connectivity index (χ0n) is 15.6. The number of carbonyl (C=O) groups is 2. The Morgan fingerprint density at radius 2 is 1.79 bits per heavy atom. The predicted molar refractivity (Wildman–Crippen MR) is 114 cm³/mol. The summed E-state index contributed by atoms with van der Waals surface area (Å²) in [6, 6.07) is 14.1. The maximum Gasteiger partial charge on any atom is 0.262 e. The molecule has 0 saturated heterocycles.